The van der Waals surface area contributed by atoms with Gasteiger partial charge in [-0.25, -0.2) is 0 Å². The maximum absolute atomic E-state index is 3.56. The number of rotatable bonds is 5. The lowest BCUT2D eigenvalue weighted by molar-refractivity contribution is 0.125. The zero-order valence-electron chi connectivity index (χ0n) is 11.0. The minimum absolute atomic E-state index is 0.728. The predicted octanol–water partition coefficient (Wildman–Crippen LogP) is 2.64. The predicted molar refractivity (Wildman–Crippen MR) is 69.7 cm³/mol. The van der Waals surface area contributed by atoms with Crippen LogP contribution in [0.4, 0.5) is 0 Å². The van der Waals surface area contributed by atoms with Gasteiger partial charge in [0, 0.05) is 18.6 Å². The maximum atomic E-state index is 3.56. The first kappa shape index (κ1) is 12.4. The lowest BCUT2D eigenvalue weighted by Gasteiger charge is -2.39. The third kappa shape index (κ3) is 2.98. The first-order valence-electron chi connectivity index (χ1n) is 7.18. The molecule has 0 spiro atoms. The summed E-state index contributed by atoms with van der Waals surface area (Å²) in [5, 5.41) is 3.56. The van der Waals surface area contributed by atoms with Gasteiger partial charge in [-0.3, -0.25) is 0 Å². The summed E-state index contributed by atoms with van der Waals surface area (Å²) in [5.41, 5.74) is 0. The van der Waals surface area contributed by atoms with Gasteiger partial charge in [0.05, 0.1) is 0 Å². The molecule has 94 valence electrons. The van der Waals surface area contributed by atoms with Crippen molar-refractivity contribution in [3.05, 3.63) is 0 Å². The molecule has 0 heterocycles. The van der Waals surface area contributed by atoms with Gasteiger partial charge in [-0.2, -0.15) is 0 Å². The molecule has 2 rings (SSSR count). The van der Waals surface area contributed by atoms with Crippen molar-refractivity contribution in [1.82, 2.24) is 10.2 Å². The third-order valence-electron chi connectivity index (χ3n) is 4.77. The second-order valence-corrected chi connectivity index (χ2v) is 5.82. The smallest absolute Gasteiger partial charge is 0.0220 e. The molecular formula is C14H28N2. The largest absolute Gasteiger partial charge is 0.315 e. The molecule has 16 heavy (non-hydrogen) atoms. The Labute approximate surface area is 101 Å². The highest BCUT2D eigenvalue weighted by atomic mass is 15.2. The van der Waals surface area contributed by atoms with E-state index in [1.807, 2.05) is 0 Å². The van der Waals surface area contributed by atoms with Crippen molar-refractivity contribution in [1.29, 1.82) is 0 Å². The zero-order valence-corrected chi connectivity index (χ0v) is 11.0. The highest BCUT2D eigenvalue weighted by Gasteiger charge is 2.27. The van der Waals surface area contributed by atoms with Crippen LogP contribution >= 0.6 is 0 Å². The van der Waals surface area contributed by atoms with Crippen molar-refractivity contribution in [3.63, 3.8) is 0 Å². The van der Waals surface area contributed by atoms with Crippen LogP contribution in [0.25, 0.3) is 0 Å². The normalized spacial score (nSPS) is 25.7. The molecule has 2 fully saturated rings. The quantitative estimate of drug-likeness (QED) is 0.772. The van der Waals surface area contributed by atoms with E-state index in [1.54, 1.807) is 0 Å². The average Bonchev–Trinajstić information content (AvgIpc) is 2.24. The summed E-state index contributed by atoms with van der Waals surface area (Å²) in [6, 6.07) is 1.62. The van der Waals surface area contributed by atoms with Crippen molar-refractivity contribution in [2.24, 2.45) is 5.92 Å². The van der Waals surface area contributed by atoms with Gasteiger partial charge in [0.2, 0.25) is 0 Å². The first-order valence-corrected chi connectivity index (χ1v) is 7.18. The van der Waals surface area contributed by atoms with Crippen molar-refractivity contribution >= 4 is 0 Å². The molecule has 0 aromatic heterocycles. The van der Waals surface area contributed by atoms with Gasteiger partial charge >= 0.3 is 0 Å². The fourth-order valence-electron chi connectivity index (χ4n) is 3.30. The summed E-state index contributed by atoms with van der Waals surface area (Å²) in [7, 11) is 4.46. The fraction of sp³-hybridized carbons (Fsp3) is 1.00. The van der Waals surface area contributed by atoms with Crippen LogP contribution in [0.2, 0.25) is 0 Å². The van der Waals surface area contributed by atoms with Gasteiger partial charge < -0.3 is 10.2 Å². The van der Waals surface area contributed by atoms with Crippen LogP contribution < -0.4 is 5.32 Å². The number of hydrogen-bond donors (Lipinski definition) is 1. The minimum atomic E-state index is 0.728. The van der Waals surface area contributed by atoms with Gasteiger partial charge in [0.1, 0.15) is 0 Å². The molecule has 1 unspecified atom stereocenters. The van der Waals surface area contributed by atoms with E-state index in [4.69, 9.17) is 0 Å². The molecule has 0 aromatic rings. The topological polar surface area (TPSA) is 15.3 Å². The molecule has 2 saturated carbocycles. The van der Waals surface area contributed by atoms with Gasteiger partial charge in [-0.15, -0.1) is 0 Å². The van der Waals surface area contributed by atoms with E-state index >= 15 is 0 Å². The lowest BCUT2D eigenvalue weighted by Crippen LogP contribution is -2.48. The molecule has 2 aliphatic carbocycles. The molecule has 1 atom stereocenters. The van der Waals surface area contributed by atoms with Crippen LogP contribution in [0, 0.1) is 5.92 Å². The molecule has 2 nitrogen and oxygen atoms in total. The van der Waals surface area contributed by atoms with Crippen LogP contribution in [-0.2, 0) is 0 Å². The van der Waals surface area contributed by atoms with Crippen LogP contribution in [-0.4, -0.2) is 37.6 Å². The molecular weight excluding hydrogens is 196 g/mol. The van der Waals surface area contributed by atoms with Crippen molar-refractivity contribution < 1.29 is 0 Å². The molecule has 0 bridgehead atoms. The Morgan fingerprint density at radius 3 is 2.25 bits per heavy atom. The molecule has 2 aliphatic rings. The van der Waals surface area contributed by atoms with Gasteiger partial charge in [-0.1, -0.05) is 25.7 Å². The highest BCUT2D eigenvalue weighted by molar-refractivity contribution is 4.85. The average molecular weight is 224 g/mol. The van der Waals surface area contributed by atoms with Crippen molar-refractivity contribution in [2.75, 3.05) is 20.6 Å². The Kier molecular flexibility index (Phi) is 4.66. The van der Waals surface area contributed by atoms with Crippen LogP contribution in [0.5, 0.6) is 0 Å². The minimum Gasteiger partial charge on any atom is -0.315 e. The Hall–Kier alpha value is -0.0800. The maximum Gasteiger partial charge on any atom is 0.0220 e. The Morgan fingerprint density at radius 1 is 1.06 bits per heavy atom. The number of likely N-dealkylation sites (N-methyl/N-ethyl adjacent to an activating group) is 2. The van der Waals surface area contributed by atoms with E-state index in [0.29, 0.717) is 0 Å². The monoisotopic (exact) mass is 224 g/mol. The molecule has 0 saturated heterocycles. The van der Waals surface area contributed by atoms with E-state index in [0.717, 1.165) is 18.0 Å². The van der Waals surface area contributed by atoms with E-state index in [1.165, 1.54) is 57.9 Å². The Bertz CT molecular complexity index is 195. The summed E-state index contributed by atoms with van der Waals surface area (Å²) < 4.78 is 0. The van der Waals surface area contributed by atoms with Crippen LogP contribution in [0.1, 0.15) is 51.4 Å². The molecule has 0 amide bonds. The molecule has 2 heteroatoms. The van der Waals surface area contributed by atoms with Gasteiger partial charge in [0.25, 0.3) is 0 Å². The Morgan fingerprint density at radius 2 is 1.75 bits per heavy atom. The molecule has 0 radical (unpaired) electrons. The number of nitrogens with zero attached hydrogens (tertiary/aromatic N) is 1. The van der Waals surface area contributed by atoms with E-state index in [-0.39, 0.29) is 0 Å². The van der Waals surface area contributed by atoms with E-state index in [9.17, 15) is 0 Å². The molecule has 1 N–H and O–H groups in total. The highest BCUT2D eigenvalue weighted by Crippen LogP contribution is 2.28. The summed E-state index contributed by atoms with van der Waals surface area (Å²) in [6.07, 6.45) is 11.6. The van der Waals surface area contributed by atoms with E-state index < -0.39 is 0 Å². The zero-order chi connectivity index (χ0) is 11.4. The van der Waals surface area contributed by atoms with E-state index in [2.05, 4.69) is 24.3 Å². The van der Waals surface area contributed by atoms with Crippen LogP contribution in [0.15, 0.2) is 0 Å². The summed E-state index contributed by atoms with van der Waals surface area (Å²) >= 11 is 0. The molecule has 0 aliphatic heterocycles. The standard InChI is InChI=1S/C14H28N2/c1-15-14(12-7-4-3-5-8-12)11-16(2)13-9-6-10-13/h12-15H,3-11H2,1-2H3. The number of hydrogen-bond acceptors (Lipinski definition) is 2. The lowest BCUT2D eigenvalue weighted by atomic mass is 9.83. The second kappa shape index (κ2) is 6.02. The molecule has 0 aromatic carbocycles. The summed E-state index contributed by atoms with van der Waals surface area (Å²) in [6.45, 7) is 1.26. The summed E-state index contributed by atoms with van der Waals surface area (Å²) in [5.74, 6) is 0.932. The van der Waals surface area contributed by atoms with Gasteiger partial charge in [-0.05, 0) is 45.7 Å². The van der Waals surface area contributed by atoms with Crippen molar-refractivity contribution in [3.8, 4) is 0 Å². The summed E-state index contributed by atoms with van der Waals surface area (Å²) in [4.78, 5) is 2.60. The van der Waals surface area contributed by atoms with Gasteiger partial charge in [0.15, 0.2) is 0 Å². The number of nitrogens with one attached hydrogen (secondary N) is 1. The fourth-order valence-corrected chi connectivity index (χ4v) is 3.30. The van der Waals surface area contributed by atoms with Crippen molar-refractivity contribution in [2.45, 2.75) is 63.5 Å². The Balaban J connectivity index is 1.78. The SMILES string of the molecule is CNC(CN(C)C1CCC1)C1CCCCC1. The first-order chi connectivity index (χ1) is 7.81. The second-order valence-electron chi connectivity index (χ2n) is 5.82. The third-order valence-corrected chi connectivity index (χ3v) is 4.77. The van der Waals surface area contributed by atoms with Crippen LogP contribution in [0.3, 0.4) is 0 Å².